The molecular weight excluding hydrogens is 229 g/mol. The molecule has 1 fully saturated rings. The zero-order valence-electron chi connectivity index (χ0n) is 9.01. The molecule has 0 amide bonds. The van der Waals surface area contributed by atoms with Gasteiger partial charge in [-0.05, 0) is 30.5 Å². The fourth-order valence-electron chi connectivity index (χ4n) is 1.83. The lowest BCUT2D eigenvalue weighted by Crippen LogP contribution is -2.25. The van der Waals surface area contributed by atoms with Crippen LogP contribution in [0.2, 0.25) is 5.02 Å². The molecule has 1 aromatic rings. The van der Waals surface area contributed by atoms with E-state index >= 15 is 0 Å². The van der Waals surface area contributed by atoms with E-state index < -0.39 is 0 Å². The zero-order chi connectivity index (χ0) is 11.4. The molecule has 0 radical (unpaired) electrons. The van der Waals surface area contributed by atoms with Gasteiger partial charge in [0.15, 0.2) is 0 Å². The molecule has 1 aliphatic rings. The summed E-state index contributed by atoms with van der Waals surface area (Å²) in [6.45, 7) is 2.33. The average molecular weight is 244 g/mol. The molecule has 1 unspecified atom stereocenters. The van der Waals surface area contributed by atoms with Crippen molar-refractivity contribution >= 4 is 11.6 Å². The first-order valence-corrected chi connectivity index (χ1v) is 5.90. The molecule has 1 heterocycles. The first kappa shape index (κ1) is 11.8. The lowest BCUT2D eigenvalue weighted by molar-refractivity contribution is 0.110. The zero-order valence-corrected chi connectivity index (χ0v) is 9.77. The summed E-state index contributed by atoms with van der Waals surface area (Å²) in [6.07, 6.45) is 2.57. The largest absolute Gasteiger partial charge is 0.377 e. The maximum Gasteiger partial charge on any atom is 0.142 e. The number of halogens is 2. The molecule has 16 heavy (non-hydrogen) atoms. The number of hydrogen-bond donors (Lipinski definition) is 1. The molecule has 4 heteroatoms. The average Bonchev–Trinajstić information content (AvgIpc) is 2.76. The molecule has 1 N–H and O–H groups in total. The van der Waals surface area contributed by atoms with Crippen molar-refractivity contribution in [3.63, 3.8) is 0 Å². The maximum absolute atomic E-state index is 13.1. The lowest BCUT2D eigenvalue weighted by atomic mass is 10.2. The van der Waals surface area contributed by atoms with E-state index in [1.807, 2.05) is 6.07 Å². The van der Waals surface area contributed by atoms with Crippen LogP contribution in [0, 0.1) is 5.82 Å². The Morgan fingerprint density at radius 3 is 3.06 bits per heavy atom. The van der Waals surface area contributed by atoms with Gasteiger partial charge < -0.3 is 10.1 Å². The van der Waals surface area contributed by atoms with Crippen molar-refractivity contribution in [3.8, 4) is 0 Å². The molecule has 0 spiro atoms. The van der Waals surface area contributed by atoms with Gasteiger partial charge in [0.25, 0.3) is 0 Å². The predicted octanol–water partition coefficient (Wildman–Crippen LogP) is 2.75. The fraction of sp³-hybridized carbons (Fsp3) is 0.500. The molecular formula is C12H15ClFNO. The van der Waals surface area contributed by atoms with Gasteiger partial charge in [-0.1, -0.05) is 17.7 Å². The maximum atomic E-state index is 13.1. The number of ether oxygens (including phenoxy) is 1. The van der Waals surface area contributed by atoms with Gasteiger partial charge in [-0.2, -0.15) is 0 Å². The van der Waals surface area contributed by atoms with Gasteiger partial charge in [0.2, 0.25) is 0 Å². The van der Waals surface area contributed by atoms with Crippen molar-refractivity contribution in [2.24, 2.45) is 0 Å². The van der Waals surface area contributed by atoms with Gasteiger partial charge in [-0.25, -0.2) is 4.39 Å². The fourth-order valence-corrected chi connectivity index (χ4v) is 1.95. The van der Waals surface area contributed by atoms with Gasteiger partial charge >= 0.3 is 0 Å². The molecule has 0 saturated carbocycles. The third-order valence-electron chi connectivity index (χ3n) is 2.71. The molecule has 0 aliphatic carbocycles. The number of rotatable bonds is 4. The second-order valence-electron chi connectivity index (χ2n) is 4.01. The highest BCUT2D eigenvalue weighted by atomic mass is 35.5. The molecule has 88 valence electrons. The van der Waals surface area contributed by atoms with Crippen LogP contribution >= 0.6 is 11.6 Å². The van der Waals surface area contributed by atoms with Crippen LogP contribution in [0.5, 0.6) is 0 Å². The van der Waals surface area contributed by atoms with E-state index in [-0.39, 0.29) is 10.8 Å². The summed E-state index contributed by atoms with van der Waals surface area (Å²) in [7, 11) is 0. The minimum absolute atomic E-state index is 0.169. The summed E-state index contributed by atoms with van der Waals surface area (Å²) in [5.74, 6) is -0.363. The van der Waals surface area contributed by atoms with E-state index in [2.05, 4.69) is 5.32 Å². The normalized spacial score (nSPS) is 20.2. The third-order valence-corrected chi connectivity index (χ3v) is 3.02. The first-order chi connectivity index (χ1) is 7.75. The topological polar surface area (TPSA) is 21.3 Å². The van der Waals surface area contributed by atoms with E-state index in [9.17, 15) is 4.39 Å². The summed E-state index contributed by atoms with van der Waals surface area (Å²) >= 11 is 5.60. The van der Waals surface area contributed by atoms with Gasteiger partial charge in [0, 0.05) is 19.7 Å². The van der Waals surface area contributed by atoms with Gasteiger partial charge in [-0.15, -0.1) is 0 Å². The number of benzene rings is 1. The molecule has 1 aromatic carbocycles. The minimum atomic E-state index is -0.363. The van der Waals surface area contributed by atoms with E-state index in [0.717, 1.165) is 31.6 Å². The number of hydrogen-bond acceptors (Lipinski definition) is 2. The van der Waals surface area contributed by atoms with Crippen molar-refractivity contribution < 1.29 is 9.13 Å². The summed E-state index contributed by atoms with van der Waals surface area (Å²) in [4.78, 5) is 0. The van der Waals surface area contributed by atoms with Crippen molar-refractivity contribution in [3.05, 3.63) is 34.6 Å². The van der Waals surface area contributed by atoms with Crippen LogP contribution in [0.1, 0.15) is 18.4 Å². The van der Waals surface area contributed by atoms with E-state index in [1.165, 1.54) is 6.07 Å². The Balaban J connectivity index is 1.78. The summed E-state index contributed by atoms with van der Waals surface area (Å²) in [6, 6.07) is 4.87. The van der Waals surface area contributed by atoms with Crippen molar-refractivity contribution in [1.29, 1.82) is 0 Å². The molecule has 0 bridgehead atoms. The van der Waals surface area contributed by atoms with Gasteiger partial charge in [0.1, 0.15) is 5.82 Å². The highest BCUT2D eigenvalue weighted by Gasteiger charge is 2.14. The van der Waals surface area contributed by atoms with E-state index in [0.29, 0.717) is 12.6 Å². The van der Waals surface area contributed by atoms with E-state index in [4.69, 9.17) is 16.3 Å². The quantitative estimate of drug-likeness (QED) is 0.878. The minimum Gasteiger partial charge on any atom is -0.377 e. The second-order valence-corrected chi connectivity index (χ2v) is 4.42. The SMILES string of the molecule is Fc1cc(CNCC2CCCO2)ccc1Cl. The Kier molecular flexibility index (Phi) is 4.16. The standard InChI is InChI=1S/C12H15ClFNO/c13-11-4-3-9(6-12(11)14)7-15-8-10-2-1-5-16-10/h3-4,6,10,15H,1-2,5,7-8H2. The van der Waals surface area contributed by atoms with E-state index in [1.54, 1.807) is 6.07 Å². The van der Waals surface area contributed by atoms with Crippen molar-refractivity contribution in [2.75, 3.05) is 13.2 Å². The third kappa shape index (κ3) is 3.17. The van der Waals surface area contributed by atoms with Crippen LogP contribution in [0.3, 0.4) is 0 Å². The Morgan fingerprint density at radius 2 is 2.38 bits per heavy atom. The van der Waals surface area contributed by atoms with Crippen LogP contribution in [-0.2, 0) is 11.3 Å². The molecule has 1 saturated heterocycles. The van der Waals surface area contributed by atoms with Crippen molar-refractivity contribution in [2.45, 2.75) is 25.5 Å². The molecule has 1 atom stereocenters. The van der Waals surface area contributed by atoms with Crippen LogP contribution in [0.25, 0.3) is 0 Å². The smallest absolute Gasteiger partial charge is 0.142 e. The highest BCUT2D eigenvalue weighted by molar-refractivity contribution is 6.30. The Labute approximate surface area is 99.7 Å². The molecule has 1 aliphatic heterocycles. The monoisotopic (exact) mass is 243 g/mol. The summed E-state index contributed by atoms with van der Waals surface area (Å²) in [5, 5.41) is 3.42. The van der Waals surface area contributed by atoms with Crippen LogP contribution in [0.4, 0.5) is 4.39 Å². The molecule has 0 aromatic heterocycles. The molecule has 2 rings (SSSR count). The van der Waals surface area contributed by atoms with Crippen LogP contribution in [0.15, 0.2) is 18.2 Å². The Bertz CT molecular complexity index is 353. The second kappa shape index (κ2) is 5.62. The Morgan fingerprint density at radius 1 is 1.50 bits per heavy atom. The Hall–Kier alpha value is -0.640. The lowest BCUT2D eigenvalue weighted by Gasteiger charge is -2.10. The first-order valence-electron chi connectivity index (χ1n) is 5.52. The summed E-state index contributed by atoms with van der Waals surface area (Å²) < 4.78 is 18.6. The van der Waals surface area contributed by atoms with Gasteiger partial charge in [-0.3, -0.25) is 0 Å². The van der Waals surface area contributed by atoms with Crippen LogP contribution < -0.4 is 5.32 Å². The highest BCUT2D eigenvalue weighted by Crippen LogP contribution is 2.15. The summed E-state index contributed by atoms with van der Waals surface area (Å²) in [5.41, 5.74) is 0.903. The van der Waals surface area contributed by atoms with Crippen LogP contribution in [-0.4, -0.2) is 19.3 Å². The van der Waals surface area contributed by atoms with Crippen molar-refractivity contribution in [1.82, 2.24) is 5.32 Å². The molecule has 2 nitrogen and oxygen atoms in total. The van der Waals surface area contributed by atoms with Gasteiger partial charge in [0.05, 0.1) is 11.1 Å². The number of nitrogens with one attached hydrogen (secondary N) is 1. The predicted molar refractivity (Wildman–Crippen MR) is 62.1 cm³/mol.